The number of hydrogen-bond acceptors (Lipinski definition) is 2. The summed E-state index contributed by atoms with van der Waals surface area (Å²) in [7, 11) is 1.62. The number of hydrogen-bond donors (Lipinski definition) is 0. The van der Waals surface area contributed by atoms with Crippen LogP contribution >= 0.6 is 11.6 Å². The molecule has 0 aliphatic carbocycles. The quantitative estimate of drug-likeness (QED) is 0.749. The predicted molar refractivity (Wildman–Crippen MR) is 71.5 cm³/mol. The Kier molecular flexibility index (Phi) is 3.78. The van der Waals surface area contributed by atoms with E-state index in [0.29, 0.717) is 10.9 Å². The average molecular weight is 246 g/mol. The Morgan fingerprint density at radius 1 is 1.00 bits per heavy atom. The van der Waals surface area contributed by atoms with E-state index in [2.05, 4.69) is 4.99 Å². The van der Waals surface area contributed by atoms with E-state index in [4.69, 9.17) is 16.3 Å². The molecule has 0 spiro atoms. The second-order valence-electron chi connectivity index (χ2n) is 3.44. The minimum absolute atomic E-state index is 0.454. The molecule has 0 aliphatic rings. The summed E-state index contributed by atoms with van der Waals surface area (Å²) in [6, 6.07) is 17.1. The molecule has 0 aliphatic heterocycles. The first-order valence-corrected chi connectivity index (χ1v) is 5.61. The van der Waals surface area contributed by atoms with Gasteiger partial charge in [0.05, 0.1) is 7.11 Å². The summed E-state index contributed by atoms with van der Waals surface area (Å²) in [5, 5.41) is 0.454. The topological polar surface area (TPSA) is 21.6 Å². The molecule has 0 heterocycles. The highest BCUT2D eigenvalue weighted by Crippen LogP contribution is 2.27. The van der Waals surface area contributed by atoms with Gasteiger partial charge in [0.1, 0.15) is 16.6 Å². The first-order chi connectivity index (χ1) is 8.31. The molecule has 0 N–H and O–H groups in total. The van der Waals surface area contributed by atoms with Crippen molar-refractivity contribution in [1.29, 1.82) is 0 Å². The van der Waals surface area contributed by atoms with E-state index in [-0.39, 0.29) is 0 Å². The summed E-state index contributed by atoms with van der Waals surface area (Å²) in [6.07, 6.45) is 0. The van der Waals surface area contributed by atoms with Gasteiger partial charge in [-0.2, -0.15) is 0 Å². The minimum atomic E-state index is 0.454. The molecule has 2 nitrogen and oxygen atoms in total. The van der Waals surface area contributed by atoms with Crippen molar-refractivity contribution in [1.82, 2.24) is 0 Å². The number of aliphatic imine (C=N–C) groups is 1. The maximum absolute atomic E-state index is 6.16. The molecule has 0 fully saturated rings. The molecule has 0 saturated carbocycles. The van der Waals surface area contributed by atoms with Gasteiger partial charge in [0.25, 0.3) is 0 Å². The van der Waals surface area contributed by atoms with Crippen LogP contribution in [0.3, 0.4) is 0 Å². The smallest absolute Gasteiger partial charge is 0.144 e. The number of rotatable bonds is 3. The van der Waals surface area contributed by atoms with Crippen molar-refractivity contribution in [2.45, 2.75) is 0 Å². The molecule has 0 saturated heterocycles. The summed E-state index contributed by atoms with van der Waals surface area (Å²) in [4.78, 5) is 4.36. The number of benzene rings is 2. The molecule has 0 aromatic heterocycles. The normalized spacial score (nSPS) is 11.3. The van der Waals surface area contributed by atoms with Crippen molar-refractivity contribution in [2.24, 2.45) is 4.99 Å². The van der Waals surface area contributed by atoms with Crippen molar-refractivity contribution < 1.29 is 4.74 Å². The third kappa shape index (κ3) is 2.86. The van der Waals surface area contributed by atoms with Crippen molar-refractivity contribution in [2.75, 3.05) is 7.11 Å². The van der Waals surface area contributed by atoms with Gasteiger partial charge in [-0.3, -0.25) is 0 Å². The van der Waals surface area contributed by atoms with E-state index in [1.807, 2.05) is 54.6 Å². The molecule has 2 aromatic rings. The predicted octanol–water partition coefficient (Wildman–Crippen LogP) is 4.01. The van der Waals surface area contributed by atoms with Crippen molar-refractivity contribution >= 4 is 22.5 Å². The maximum atomic E-state index is 6.16. The number of nitrogens with zero attached hydrogens (tertiary/aromatic N) is 1. The molecule has 0 unspecified atom stereocenters. The number of halogens is 1. The molecule has 0 amide bonds. The fourth-order valence-electron chi connectivity index (χ4n) is 1.47. The standard InChI is InChI=1S/C14H12ClNO/c1-17-13-10-6-5-9-12(13)16-14(15)11-7-3-2-4-8-11/h2-10H,1H3/b16-14-. The van der Waals surface area contributed by atoms with Crippen LogP contribution in [0.1, 0.15) is 5.56 Å². The Balaban J connectivity index is 2.36. The van der Waals surface area contributed by atoms with Crippen LogP contribution in [0.5, 0.6) is 5.75 Å². The Bertz CT molecular complexity index is 523. The first kappa shape index (κ1) is 11.7. The summed E-state index contributed by atoms with van der Waals surface area (Å²) >= 11 is 6.16. The number of para-hydroxylation sites is 2. The zero-order valence-corrected chi connectivity index (χ0v) is 10.2. The van der Waals surface area contributed by atoms with Crippen LogP contribution in [0.2, 0.25) is 0 Å². The van der Waals surface area contributed by atoms with Gasteiger partial charge in [-0.1, -0.05) is 54.1 Å². The molecule has 0 radical (unpaired) electrons. The molecule has 0 atom stereocenters. The van der Waals surface area contributed by atoms with Gasteiger partial charge >= 0.3 is 0 Å². The van der Waals surface area contributed by atoms with Crippen LogP contribution in [0.4, 0.5) is 5.69 Å². The fraction of sp³-hybridized carbons (Fsp3) is 0.0714. The average Bonchev–Trinajstić information content (AvgIpc) is 2.40. The van der Waals surface area contributed by atoms with Gasteiger partial charge in [0, 0.05) is 5.56 Å². The molecule has 17 heavy (non-hydrogen) atoms. The lowest BCUT2D eigenvalue weighted by Gasteiger charge is -2.04. The lowest BCUT2D eigenvalue weighted by Crippen LogP contribution is -1.90. The highest BCUT2D eigenvalue weighted by atomic mass is 35.5. The van der Waals surface area contributed by atoms with Gasteiger partial charge < -0.3 is 4.74 Å². The highest BCUT2D eigenvalue weighted by Gasteiger charge is 2.03. The zero-order chi connectivity index (χ0) is 12.1. The minimum Gasteiger partial charge on any atom is -0.494 e. The molecule has 2 rings (SSSR count). The monoisotopic (exact) mass is 245 g/mol. The number of methoxy groups -OCH3 is 1. The van der Waals surface area contributed by atoms with E-state index >= 15 is 0 Å². The lowest BCUT2D eigenvalue weighted by molar-refractivity contribution is 0.416. The van der Waals surface area contributed by atoms with E-state index < -0.39 is 0 Å². The van der Waals surface area contributed by atoms with Crippen molar-refractivity contribution in [3.63, 3.8) is 0 Å². The third-order valence-corrected chi connectivity index (χ3v) is 2.62. The molecular formula is C14H12ClNO. The third-order valence-electron chi connectivity index (χ3n) is 2.32. The van der Waals surface area contributed by atoms with Crippen LogP contribution in [0.15, 0.2) is 59.6 Å². The molecular weight excluding hydrogens is 234 g/mol. The second-order valence-corrected chi connectivity index (χ2v) is 3.80. The summed E-state index contributed by atoms with van der Waals surface area (Å²) < 4.78 is 5.22. The Morgan fingerprint density at radius 2 is 1.65 bits per heavy atom. The first-order valence-electron chi connectivity index (χ1n) is 5.24. The Hall–Kier alpha value is -1.80. The van der Waals surface area contributed by atoms with E-state index in [0.717, 1.165) is 11.3 Å². The maximum Gasteiger partial charge on any atom is 0.144 e. The highest BCUT2D eigenvalue weighted by molar-refractivity contribution is 6.69. The van der Waals surface area contributed by atoms with Crippen molar-refractivity contribution in [3.05, 3.63) is 60.2 Å². The second kappa shape index (κ2) is 5.51. The molecule has 0 bridgehead atoms. The van der Waals surface area contributed by atoms with Gasteiger partial charge in [0.2, 0.25) is 0 Å². The molecule has 86 valence electrons. The Labute approximate surface area is 106 Å². The van der Waals surface area contributed by atoms with Gasteiger partial charge in [-0.15, -0.1) is 0 Å². The molecule has 3 heteroatoms. The lowest BCUT2D eigenvalue weighted by atomic mass is 10.2. The van der Waals surface area contributed by atoms with Crippen LogP contribution in [-0.4, -0.2) is 12.3 Å². The van der Waals surface area contributed by atoms with Crippen LogP contribution in [0.25, 0.3) is 0 Å². The van der Waals surface area contributed by atoms with Crippen LogP contribution in [0, 0.1) is 0 Å². The van der Waals surface area contributed by atoms with Crippen molar-refractivity contribution in [3.8, 4) is 5.75 Å². The SMILES string of the molecule is COc1ccccc1/N=C(\Cl)c1ccccc1. The van der Waals surface area contributed by atoms with E-state index in [1.165, 1.54) is 0 Å². The summed E-state index contributed by atoms with van der Waals surface area (Å²) in [5.74, 6) is 0.710. The van der Waals surface area contributed by atoms with Crippen LogP contribution in [-0.2, 0) is 0 Å². The summed E-state index contributed by atoms with van der Waals surface area (Å²) in [5.41, 5.74) is 1.61. The zero-order valence-electron chi connectivity index (χ0n) is 9.43. The fourth-order valence-corrected chi connectivity index (χ4v) is 1.69. The van der Waals surface area contributed by atoms with E-state index in [1.54, 1.807) is 7.11 Å². The van der Waals surface area contributed by atoms with Crippen LogP contribution < -0.4 is 4.74 Å². The van der Waals surface area contributed by atoms with Gasteiger partial charge in [0.15, 0.2) is 0 Å². The van der Waals surface area contributed by atoms with Gasteiger partial charge in [-0.05, 0) is 12.1 Å². The Morgan fingerprint density at radius 3 is 2.35 bits per heavy atom. The largest absolute Gasteiger partial charge is 0.494 e. The number of ether oxygens (including phenoxy) is 1. The van der Waals surface area contributed by atoms with Gasteiger partial charge in [-0.25, -0.2) is 4.99 Å². The molecule has 2 aromatic carbocycles. The van der Waals surface area contributed by atoms with E-state index in [9.17, 15) is 0 Å². The summed E-state index contributed by atoms with van der Waals surface area (Å²) in [6.45, 7) is 0.